The van der Waals surface area contributed by atoms with E-state index in [4.69, 9.17) is 4.74 Å². The number of hydrogen-bond donors (Lipinski definition) is 1. The Balaban J connectivity index is 1.56. The molecule has 1 aromatic rings. The lowest BCUT2D eigenvalue weighted by Crippen LogP contribution is -2.34. The highest BCUT2D eigenvalue weighted by Crippen LogP contribution is 2.60. The van der Waals surface area contributed by atoms with Crippen LogP contribution in [-0.2, 0) is 16.1 Å². The number of hydrogen-bond acceptors (Lipinski definition) is 2. The first-order valence-electron chi connectivity index (χ1n) is 6.55. The molecule has 2 aliphatic carbocycles. The summed E-state index contributed by atoms with van der Waals surface area (Å²) in [4.78, 5) is 11.5. The molecule has 1 N–H and O–H groups in total. The van der Waals surface area contributed by atoms with Crippen LogP contribution in [0, 0.1) is 17.3 Å². The van der Waals surface area contributed by atoms with Crippen LogP contribution in [0.5, 0.6) is 0 Å². The minimum atomic E-state index is -0.678. The maximum Gasteiger partial charge on any atom is 0.312 e. The summed E-state index contributed by atoms with van der Waals surface area (Å²) in [6.07, 6.45) is 2.84. The van der Waals surface area contributed by atoms with Crippen molar-refractivity contribution in [2.45, 2.75) is 25.9 Å². The Bertz CT molecular complexity index is 430. The van der Waals surface area contributed by atoms with Crippen LogP contribution < -0.4 is 0 Å². The standard InChI is InChI=1S/C15H18O3/c16-14(17)15(7-12-6-13(12)8-15)10-18-9-11-4-2-1-3-5-11/h1-5,12-13H,6-10H2,(H,16,17). The second kappa shape index (κ2) is 4.39. The molecule has 96 valence electrons. The van der Waals surface area contributed by atoms with Crippen molar-refractivity contribution in [2.75, 3.05) is 6.61 Å². The van der Waals surface area contributed by atoms with Crippen molar-refractivity contribution >= 4 is 5.97 Å². The van der Waals surface area contributed by atoms with Gasteiger partial charge in [-0.1, -0.05) is 30.3 Å². The van der Waals surface area contributed by atoms with Crippen LogP contribution >= 0.6 is 0 Å². The Hall–Kier alpha value is -1.35. The number of benzene rings is 1. The summed E-state index contributed by atoms with van der Waals surface area (Å²) in [6.45, 7) is 0.857. The third-order valence-corrected chi connectivity index (χ3v) is 4.32. The molecule has 2 atom stereocenters. The molecule has 3 rings (SSSR count). The molecule has 0 aliphatic heterocycles. The molecule has 2 unspecified atom stereocenters. The van der Waals surface area contributed by atoms with Crippen molar-refractivity contribution in [1.29, 1.82) is 0 Å². The molecule has 2 saturated carbocycles. The average Bonchev–Trinajstić information content (AvgIpc) is 2.98. The van der Waals surface area contributed by atoms with Gasteiger partial charge in [0.15, 0.2) is 0 Å². The highest BCUT2D eigenvalue weighted by atomic mass is 16.5. The first-order chi connectivity index (χ1) is 8.70. The van der Waals surface area contributed by atoms with E-state index in [2.05, 4.69) is 0 Å². The summed E-state index contributed by atoms with van der Waals surface area (Å²) in [5.74, 6) is 0.630. The second-order valence-electron chi connectivity index (χ2n) is 5.73. The van der Waals surface area contributed by atoms with Gasteiger partial charge in [0.1, 0.15) is 0 Å². The summed E-state index contributed by atoms with van der Waals surface area (Å²) in [6, 6.07) is 9.90. The smallest absolute Gasteiger partial charge is 0.312 e. The molecule has 0 radical (unpaired) electrons. The van der Waals surface area contributed by atoms with Gasteiger partial charge in [0.2, 0.25) is 0 Å². The monoisotopic (exact) mass is 246 g/mol. The van der Waals surface area contributed by atoms with Gasteiger partial charge in [-0.05, 0) is 36.7 Å². The number of ether oxygens (including phenoxy) is 1. The number of carboxylic acids is 1. The van der Waals surface area contributed by atoms with E-state index in [9.17, 15) is 9.90 Å². The van der Waals surface area contributed by atoms with E-state index in [0.29, 0.717) is 25.0 Å². The third-order valence-electron chi connectivity index (χ3n) is 4.32. The fourth-order valence-electron chi connectivity index (χ4n) is 3.19. The first-order valence-corrected chi connectivity index (χ1v) is 6.55. The van der Waals surface area contributed by atoms with Gasteiger partial charge in [0.25, 0.3) is 0 Å². The van der Waals surface area contributed by atoms with E-state index >= 15 is 0 Å². The zero-order valence-electron chi connectivity index (χ0n) is 10.3. The lowest BCUT2D eigenvalue weighted by molar-refractivity contribution is -0.153. The molecule has 1 aromatic carbocycles. The molecule has 0 spiro atoms. The highest BCUT2D eigenvalue weighted by Gasteiger charge is 2.57. The molecule has 3 heteroatoms. The minimum absolute atomic E-state index is 0.351. The maximum absolute atomic E-state index is 11.5. The number of aliphatic carboxylic acids is 1. The third kappa shape index (κ3) is 2.15. The van der Waals surface area contributed by atoms with Crippen molar-refractivity contribution in [3.8, 4) is 0 Å². The predicted octanol–water partition coefficient (Wildman–Crippen LogP) is 2.70. The summed E-state index contributed by atoms with van der Waals surface area (Å²) < 4.78 is 5.66. The minimum Gasteiger partial charge on any atom is -0.481 e. The molecule has 3 nitrogen and oxygen atoms in total. The Morgan fingerprint density at radius 1 is 1.28 bits per heavy atom. The molecule has 0 aromatic heterocycles. The van der Waals surface area contributed by atoms with Crippen molar-refractivity contribution in [2.24, 2.45) is 17.3 Å². The zero-order valence-corrected chi connectivity index (χ0v) is 10.3. The van der Waals surface area contributed by atoms with Crippen LogP contribution in [0.2, 0.25) is 0 Å². The highest BCUT2D eigenvalue weighted by molar-refractivity contribution is 5.75. The quantitative estimate of drug-likeness (QED) is 0.869. The van der Waals surface area contributed by atoms with E-state index in [0.717, 1.165) is 18.4 Å². The van der Waals surface area contributed by atoms with E-state index in [1.165, 1.54) is 6.42 Å². The van der Waals surface area contributed by atoms with Crippen LogP contribution in [0.25, 0.3) is 0 Å². The van der Waals surface area contributed by atoms with Gasteiger partial charge < -0.3 is 9.84 Å². The number of fused-ring (bicyclic) bond motifs is 1. The molecule has 2 fully saturated rings. The molecule has 2 aliphatic rings. The maximum atomic E-state index is 11.5. The molecule has 0 amide bonds. The van der Waals surface area contributed by atoms with Gasteiger partial charge in [0.05, 0.1) is 18.6 Å². The average molecular weight is 246 g/mol. The molecule has 0 heterocycles. The van der Waals surface area contributed by atoms with Crippen LogP contribution in [0.15, 0.2) is 30.3 Å². The molecular weight excluding hydrogens is 228 g/mol. The topological polar surface area (TPSA) is 46.5 Å². The summed E-state index contributed by atoms with van der Waals surface area (Å²) in [7, 11) is 0. The lowest BCUT2D eigenvalue weighted by atomic mass is 9.84. The van der Waals surface area contributed by atoms with Gasteiger partial charge in [0, 0.05) is 0 Å². The van der Waals surface area contributed by atoms with Gasteiger partial charge >= 0.3 is 5.97 Å². The van der Waals surface area contributed by atoms with E-state index in [1.54, 1.807) is 0 Å². The van der Waals surface area contributed by atoms with Crippen molar-refractivity contribution < 1.29 is 14.6 Å². The number of rotatable bonds is 5. The Kier molecular flexibility index (Phi) is 2.86. The van der Waals surface area contributed by atoms with Gasteiger partial charge in [-0.2, -0.15) is 0 Å². The normalized spacial score (nSPS) is 33.1. The number of carbonyl (C=O) groups is 1. The summed E-state index contributed by atoms with van der Waals surface area (Å²) >= 11 is 0. The van der Waals surface area contributed by atoms with Crippen LogP contribution in [-0.4, -0.2) is 17.7 Å². The van der Waals surface area contributed by atoms with Gasteiger partial charge in [-0.15, -0.1) is 0 Å². The Morgan fingerprint density at radius 2 is 1.94 bits per heavy atom. The van der Waals surface area contributed by atoms with Crippen LogP contribution in [0.3, 0.4) is 0 Å². The summed E-state index contributed by atoms with van der Waals surface area (Å²) in [5.41, 5.74) is 0.490. The van der Waals surface area contributed by atoms with Crippen LogP contribution in [0.1, 0.15) is 24.8 Å². The Morgan fingerprint density at radius 3 is 2.56 bits per heavy atom. The van der Waals surface area contributed by atoms with Crippen LogP contribution in [0.4, 0.5) is 0 Å². The molecule has 0 saturated heterocycles. The fourth-order valence-corrected chi connectivity index (χ4v) is 3.19. The molecule has 18 heavy (non-hydrogen) atoms. The lowest BCUT2D eigenvalue weighted by Gasteiger charge is -2.25. The Labute approximate surface area is 107 Å². The van der Waals surface area contributed by atoms with Crippen molar-refractivity contribution in [1.82, 2.24) is 0 Å². The SMILES string of the molecule is O=C(O)C1(COCc2ccccc2)CC2CC2C1. The van der Waals surface area contributed by atoms with E-state index < -0.39 is 11.4 Å². The first kappa shape index (κ1) is 11.7. The van der Waals surface area contributed by atoms with E-state index in [-0.39, 0.29) is 0 Å². The predicted molar refractivity (Wildman–Crippen MR) is 67.0 cm³/mol. The van der Waals surface area contributed by atoms with Gasteiger partial charge in [-0.3, -0.25) is 4.79 Å². The van der Waals surface area contributed by atoms with E-state index in [1.807, 2.05) is 30.3 Å². The van der Waals surface area contributed by atoms with Gasteiger partial charge in [-0.25, -0.2) is 0 Å². The number of carboxylic acid groups (broad SMARTS) is 1. The van der Waals surface area contributed by atoms with Crippen molar-refractivity contribution in [3.05, 3.63) is 35.9 Å². The second-order valence-corrected chi connectivity index (χ2v) is 5.73. The molecule has 0 bridgehead atoms. The fraction of sp³-hybridized carbons (Fsp3) is 0.533. The zero-order chi connectivity index (χ0) is 12.6. The van der Waals surface area contributed by atoms with Crippen molar-refractivity contribution in [3.63, 3.8) is 0 Å². The molecular formula is C15H18O3. The largest absolute Gasteiger partial charge is 0.481 e. The summed E-state index contributed by atoms with van der Waals surface area (Å²) in [5, 5.41) is 9.42.